The third kappa shape index (κ3) is 3.43. The van der Waals surface area contributed by atoms with E-state index in [-0.39, 0.29) is 5.82 Å². The fourth-order valence-electron chi connectivity index (χ4n) is 3.35. The van der Waals surface area contributed by atoms with E-state index in [0.717, 1.165) is 22.7 Å². The number of fused-ring (bicyclic) bond motifs is 1. The first-order chi connectivity index (χ1) is 14.7. The molecule has 0 saturated carbocycles. The van der Waals surface area contributed by atoms with E-state index in [2.05, 4.69) is 20.2 Å². The van der Waals surface area contributed by atoms with Gasteiger partial charge in [-0.15, -0.1) is 0 Å². The Morgan fingerprint density at radius 1 is 1.17 bits per heavy atom. The summed E-state index contributed by atoms with van der Waals surface area (Å²) in [6.45, 7) is 0.957. The molecule has 30 heavy (non-hydrogen) atoms. The second-order valence-corrected chi connectivity index (χ2v) is 6.90. The number of rotatable bonds is 5. The predicted octanol–water partition coefficient (Wildman–Crippen LogP) is 4.23. The summed E-state index contributed by atoms with van der Waals surface area (Å²) in [5.74, 6) is 1.66. The van der Waals surface area contributed by atoms with Crippen molar-refractivity contribution in [1.29, 1.82) is 0 Å². The molecule has 0 bridgehead atoms. The maximum atomic E-state index is 14.1. The molecule has 3 heterocycles. The number of nitrogens with zero attached hydrogens (tertiary/aromatic N) is 4. The Morgan fingerprint density at radius 3 is 2.80 bits per heavy atom. The standard InChI is InChI=1S/C22H18FN5O2/c1-29-15-8-6-14(7-9-15)19-10-16(30-27-19)12-28-13-21-20(11-24-28)25-22(26-21)17-4-2-3-5-18(17)23/h2-11H,12-13H2,1H3,(H,25,26). The molecule has 5 rings (SSSR count). The molecule has 0 fully saturated rings. The lowest BCUT2D eigenvalue weighted by molar-refractivity contribution is 0.229. The van der Waals surface area contributed by atoms with Crippen LogP contribution in [-0.2, 0) is 13.1 Å². The quantitative estimate of drug-likeness (QED) is 0.539. The van der Waals surface area contributed by atoms with Crippen molar-refractivity contribution >= 4 is 6.21 Å². The number of ether oxygens (including phenoxy) is 1. The first kappa shape index (κ1) is 18.1. The molecule has 2 aromatic heterocycles. The summed E-state index contributed by atoms with van der Waals surface area (Å²) >= 11 is 0. The Balaban J connectivity index is 1.30. The van der Waals surface area contributed by atoms with E-state index in [9.17, 15) is 4.39 Å². The number of aromatic amines is 1. The van der Waals surface area contributed by atoms with Crippen molar-refractivity contribution in [3.8, 4) is 28.4 Å². The highest BCUT2D eigenvalue weighted by atomic mass is 19.1. The Kier molecular flexibility index (Phi) is 4.51. The van der Waals surface area contributed by atoms with Crippen molar-refractivity contribution in [2.45, 2.75) is 13.1 Å². The summed E-state index contributed by atoms with van der Waals surface area (Å²) in [7, 11) is 1.63. The molecule has 8 heteroatoms. The number of nitrogens with one attached hydrogen (secondary N) is 1. The van der Waals surface area contributed by atoms with Gasteiger partial charge in [-0.25, -0.2) is 9.37 Å². The van der Waals surface area contributed by atoms with Gasteiger partial charge in [0, 0.05) is 11.6 Å². The minimum absolute atomic E-state index is 0.315. The monoisotopic (exact) mass is 403 g/mol. The van der Waals surface area contributed by atoms with Crippen LogP contribution in [0.2, 0.25) is 0 Å². The zero-order chi connectivity index (χ0) is 20.5. The van der Waals surface area contributed by atoms with Gasteiger partial charge in [-0.2, -0.15) is 5.10 Å². The summed E-state index contributed by atoms with van der Waals surface area (Å²) < 4.78 is 24.7. The average molecular weight is 403 g/mol. The van der Waals surface area contributed by atoms with Gasteiger partial charge in [0.15, 0.2) is 5.76 Å². The second kappa shape index (κ2) is 7.47. The maximum absolute atomic E-state index is 14.1. The molecule has 7 nitrogen and oxygen atoms in total. The molecule has 0 atom stereocenters. The number of aromatic nitrogens is 3. The number of imidazole rings is 1. The first-order valence-electron chi connectivity index (χ1n) is 9.42. The van der Waals surface area contributed by atoms with Gasteiger partial charge in [0.2, 0.25) is 0 Å². The summed E-state index contributed by atoms with van der Waals surface area (Å²) in [5, 5.41) is 10.4. The van der Waals surface area contributed by atoms with E-state index >= 15 is 0 Å². The van der Waals surface area contributed by atoms with E-state index in [4.69, 9.17) is 9.26 Å². The van der Waals surface area contributed by atoms with Crippen LogP contribution in [0.4, 0.5) is 4.39 Å². The van der Waals surface area contributed by atoms with Gasteiger partial charge >= 0.3 is 0 Å². The van der Waals surface area contributed by atoms with Crippen molar-refractivity contribution < 1.29 is 13.7 Å². The summed E-state index contributed by atoms with van der Waals surface area (Å²) in [6, 6.07) is 16.1. The SMILES string of the molecule is COc1ccc(-c2cc(CN3Cc4[nH]c(-c5ccccc5F)nc4C=N3)on2)cc1. The highest BCUT2D eigenvalue weighted by molar-refractivity contribution is 5.80. The predicted molar refractivity (Wildman–Crippen MR) is 109 cm³/mol. The van der Waals surface area contributed by atoms with Crippen LogP contribution in [0.5, 0.6) is 5.75 Å². The topological polar surface area (TPSA) is 79.5 Å². The first-order valence-corrected chi connectivity index (χ1v) is 9.42. The van der Waals surface area contributed by atoms with E-state index in [1.807, 2.05) is 35.3 Å². The maximum Gasteiger partial charge on any atom is 0.158 e. The molecule has 1 aliphatic heterocycles. The molecule has 0 unspecified atom stereocenters. The molecule has 0 aliphatic carbocycles. The summed E-state index contributed by atoms with van der Waals surface area (Å²) in [4.78, 5) is 7.67. The Hall–Kier alpha value is -3.94. The van der Waals surface area contributed by atoms with Crippen molar-refractivity contribution in [2.24, 2.45) is 5.10 Å². The molecule has 1 N–H and O–H groups in total. The van der Waals surface area contributed by atoms with E-state index in [1.165, 1.54) is 6.07 Å². The average Bonchev–Trinajstić information content (AvgIpc) is 3.41. The van der Waals surface area contributed by atoms with Crippen LogP contribution in [0, 0.1) is 5.82 Å². The van der Waals surface area contributed by atoms with Gasteiger partial charge in [-0.3, -0.25) is 5.01 Å². The number of benzene rings is 2. The van der Waals surface area contributed by atoms with E-state index in [1.54, 1.807) is 31.5 Å². The van der Waals surface area contributed by atoms with Crippen molar-refractivity contribution in [2.75, 3.05) is 7.11 Å². The number of H-pyrrole nitrogens is 1. The van der Waals surface area contributed by atoms with Crippen LogP contribution < -0.4 is 4.74 Å². The van der Waals surface area contributed by atoms with Crippen LogP contribution in [-0.4, -0.2) is 33.5 Å². The summed E-state index contributed by atoms with van der Waals surface area (Å²) in [5.41, 5.74) is 3.71. The molecule has 0 amide bonds. The number of methoxy groups -OCH3 is 1. The lowest BCUT2D eigenvalue weighted by Gasteiger charge is -2.19. The van der Waals surface area contributed by atoms with Crippen LogP contribution in [0.1, 0.15) is 17.1 Å². The van der Waals surface area contributed by atoms with Crippen molar-refractivity contribution in [1.82, 2.24) is 20.1 Å². The van der Waals surface area contributed by atoms with Crippen LogP contribution in [0.15, 0.2) is 64.2 Å². The normalized spacial score (nSPS) is 12.8. The van der Waals surface area contributed by atoms with Crippen molar-refractivity contribution in [3.05, 3.63) is 77.6 Å². The van der Waals surface area contributed by atoms with Crippen LogP contribution in [0.3, 0.4) is 0 Å². The Bertz CT molecular complexity index is 1210. The van der Waals surface area contributed by atoms with Crippen LogP contribution in [0.25, 0.3) is 22.6 Å². The molecular formula is C22H18FN5O2. The molecule has 2 aromatic carbocycles. The van der Waals surface area contributed by atoms with Gasteiger partial charge in [0.1, 0.15) is 28.8 Å². The second-order valence-electron chi connectivity index (χ2n) is 6.90. The molecule has 0 saturated heterocycles. The number of hydrazone groups is 1. The fraction of sp³-hybridized carbons (Fsp3) is 0.136. The number of hydrogen-bond acceptors (Lipinski definition) is 6. The zero-order valence-electron chi connectivity index (χ0n) is 16.2. The molecular weight excluding hydrogens is 385 g/mol. The van der Waals surface area contributed by atoms with Gasteiger partial charge < -0.3 is 14.2 Å². The van der Waals surface area contributed by atoms with Gasteiger partial charge in [0.05, 0.1) is 37.7 Å². The van der Waals surface area contributed by atoms with Crippen molar-refractivity contribution in [3.63, 3.8) is 0 Å². The van der Waals surface area contributed by atoms with E-state index in [0.29, 0.717) is 35.9 Å². The molecule has 1 aliphatic rings. The minimum atomic E-state index is -0.315. The van der Waals surface area contributed by atoms with Gasteiger partial charge in [-0.1, -0.05) is 17.3 Å². The van der Waals surface area contributed by atoms with Gasteiger partial charge in [0.25, 0.3) is 0 Å². The van der Waals surface area contributed by atoms with E-state index < -0.39 is 0 Å². The lowest BCUT2D eigenvalue weighted by Crippen LogP contribution is -2.21. The number of halogens is 1. The largest absolute Gasteiger partial charge is 0.497 e. The highest BCUT2D eigenvalue weighted by Gasteiger charge is 2.20. The zero-order valence-corrected chi connectivity index (χ0v) is 16.2. The highest BCUT2D eigenvalue weighted by Crippen LogP contribution is 2.25. The van der Waals surface area contributed by atoms with Crippen LogP contribution >= 0.6 is 0 Å². The smallest absolute Gasteiger partial charge is 0.158 e. The number of hydrogen-bond donors (Lipinski definition) is 1. The van der Waals surface area contributed by atoms with Gasteiger partial charge in [-0.05, 0) is 36.4 Å². The third-order valence-corrected chi connectivity index (χ3v) is 4.91. The molecule has 4 aromatic rings. The Labute approximate surface area is 171 Å². The third-order valence-electron chi connectivity index (χ3n) is 4.91. The lowest BCUT2D eigenvalue weighted by atomic mass is 10.1. The Morgan fingerprint density at radius 2 is 2.00 bits per heavy atom. The fourth-order valence-corrected chi connectivity index (χ4v) is 3.35. The minimum Gasteiger partial charge on any atom is -0.497 e. The summed E-state index contributed by atoms with van der Waals surface area (Å²) in [6.07, 6.45) is 1.67. The molecule has 150 valence electrons. The molecule has 0 radical (unpaired) electrons. The molecule has 0 spiro atoms.